The number of nitrogens with zero attached hydrogens (tertiary/aromatic N) is 2. The van der Waals surface area contributed by atoms with E-state index in [0.29, 0.717) is 16.3 Å². The Kier molecular flexibility index (Phi) is 5.58. The molecule has 0 radical (unpaired) electrons. The number of hydrogen-bond acceptors (Lipinski definition) is 3. The van der Waals surface area contributed by atoms with E-state index in [2.05, 4.69) is 35.0 Å². The molecule has 1 heterocycles. The van der Waals surface area contributed by atoms with Crippen LogP contribution in [0.25, 0.3) is 0 Å². The highest BCUT2D eigenvalue weighted by Gasteiger charge is 2.16. The second-order valence-corrected chi connectivity index (χ2v) is 8.71. The van der Waals surface area contributed by atoms with Gasteiger partial charge in [-0.3, -0.25) is 0 Å². The van der Waals surface area contributed by atoms with Crippen LogP contribution in [-0.2, 0) is 6.67 Å². The molecule has 0 aliphatic heterocycles. The fourth-order valence-corrected chi connectivity index (χ4v) is 5.00. The molecule has 3 aromatic rings. The van der Waals surface area contributed by atoms with Crippen LogP contribution in [0, 0.1) is 30.3 Å². The summed E-state index contributed by atoms with van der Waals surface area (Å²) in [6.07, 6.45) is 0. The molecule has 2 nitrogen and oxygen atoms in total. The Balaban J connectivity index is 1.88. The topological polar surface area (TPSA) is 36.7 Å². The first-order chi connectivity index (χ1) is 11.8. The van der Waals surface area contributed by atoms with Gasteiger partial charge in [0.1, 0.15) is 17.4 Å². The van der Waals surface area contributed by atoms with E-state index < -0.39 is 6.67 Å². The van der Waals surface area contributed by atoms with Crippen molar-refractivity contribution in [2.45, 2.75) is 6.67 Å². The van der Waals surface area contributed by atoms with E-state index in [9.17, 15) is 9.65 Å². The lowest BCUT2D eigenvalue weighted by molar-refractivity contribution is -0.597. The Hall–Kier alpha value is -2.22. The summed E-state index contributed by atoms with van der Waals surface area (Å²) in [5.74, 6) is 5.98. The molecule has 116 valence electrons. The standard InChI is InChI=1S/C19H11FIN2S/c20-11-19-23-18(13-24-19)7-6-14-8-15(12-22)10-17(9-14)21-16-4-2-1-3-5-16/h1-5,8-10,13H,11H2/q+1. The minimum atomic E-state index is -0.568. The van der Waals surface area contributed by atoms with E-state index in [1.807, 2.05) is 30.3 Å². The molecule has 24 heavy (non-hydrogen) atoms. The Bertz CT molecular complexity index is 949. The number of nitriles is 1. The molecular weight excluding hydrogens is 434 g/mol. The largest absolute Gasteiger partial charge is 0.357 e. The Labute approximate surface area is 154 Å². The lowest BCUT2D eigenvalue weighted by Gasteiger charge is -1.93. The van der Waals surface area contributed by atoms with Gasteiger partial charge < -0.3 is 0 Å². The molecule has 0 aliphatic carbocycles. The summed E-state index contributed by atoms with van der Waals surface area (Å²) in [5, 5.41) is 11.4. The van der Waals surface area contributed by atoms with Crippen molar-refractivity contribution < 1.29 is 25.6 Å². The van der Waals surface area contributed by atoms with Crippen molar-refractivity contribution in [3.05, 3.63) is 82.9 Å². The zero-order chi connectivity index (χ0) is 16.8. The van der Waals surface area contributed by atoms with E-state index in [0.717, 1.165) is 9.13 Å². The second-order valence-electron chi connectivity index (χ2n) is 4.74. The minimum Gasteiger partial charge on any atom is -0.243 e. The van der Waals surface area contributed by atoms with Crippen LogP contribution in [0.5, 0.6) is 0 Å². The van der Waals surface area contributed by atoms with Gasteiger partial charge in [-0.05, 0) is 24.1 Å². The van der Waals surface area contributed by atoms with Crippen molar-refractivity contribution >= 4 is 11.3 Å². The first kappa shape index (κ1) is 16.6. The molecule has 0 N–H and O–H groups in total. The fraction of sp³-hybridized carbons (Fsp3) is 0.0526. The van der Waals surface area contributed by atoms with E-state index in [1.165, 1.54) is 14.9 Å². The molecule has 5 heteroatoms. The molecule has 0 atom stereocenters. The van der Waals surface area contributed by atoms with Crippen molar-refractivity contribution in [3.8, 4) is 17.9 Å². The number of aromatic nitrogens is 1. The first-order valence-electron chi connectivity index (χ1n) is 7.04. The maximum atomic E-state index is 12.5. The molecule has 0 spiro atoms. The van der Waals surface area contributed by atoms with Gasteiger partial charge in [0, 0.05) is 23.1 Å². The Morgan fingerprint density at radius 2 is 1.83 bits per heavy atom. The fourth-order valence-electron chi connectivity index (χ4n) is 1.95. The molecule has 0 bridgehead atoms. The maximum Gasteiger partial charge on any atom is 0.357 e. The van der Waals surface area contributed by atoms with Gasteiger partial charge in [-0.2, -0.15) is 5.26 Å². The maximum absolute atomic E-state index is 12.5. The van der Waals surface area contributed by atoms with E-state index in [-0.39, 0.29) is 21.2 Å². The summed E-state index contributed by atoms with van der Waals surface area (Å²) < 4.78 is 15.0. The highest BCUT2D eigenvalue weighted by molar-refractivity contribution is 7.09. The third-order valence-corrected chi connectivity index (χ3v) is 6.38. The van der Waals surface area contributed by atoms with Crippen molar-refractivity contribution in [1.82, 2.24) is 4.98 Å². The third kappa shape index (κ3) is 4.41. The van der Waals surface area contributed by atoms with Crippen molar-refractivity contribution in [2.24, 2.45) is 0 Å². The number of alkyl halides is 1. The number of halogens is 2. The van der Waals surface area contributed by atoms with Gasteiger partial charge in [-0.15, -0.1) is 11.3 Å². The van der Waals surface area contributed by atoms with Crippen LogP contribution >= 0.6 is 11.3 Å². The molecule has 1 aromatic heterocycles. The SMILES string of the molecule is N#Cc1cc(C#Cc2csc(CF)n2)cc([I+]c2ccccc2)c1. The van der Waals surface area contributed by atoms with E-state index in [4.69, 9.17) is 0 Å². The molecule has 2 aromatic carbocycles. The molecule has 0 amide bonds. The Morgan fingerprint density at radius 1 is 1.04 bits per heavy atom. The van der Waals surface area contributed by atoms with Gasteiger partial charge >= 0.3 is 21.2 Å². The Morgan fingerprint density at radius 3 is 2.54 bits per heavy atom. The summed E-state index contributed by atoms with van der Waals surface area (Å²) in [6.45, 7) is -0.568. The number of thiazole rings is 1. The van der Waals surface area contributed by atoms with Crippen LogP contribution < -0.4 is 21.2 Å². The van der Waals surface area contributed by atoms with Crippen LogP contribution in [0.2, 0.25) is 0 Å². The number of benzene rings is 2. The van der Waals surface area contributed by atoms with Gasteiger partial charge in [0.2, 0.25) is 0 Å². The highest BCUT2D eigenvalue weighted by Crippen LogP contribution is 2.10. The normalized spacial score (nSPS) is 9.83. The van der Waals surface area contributed by atoms with E-state index >= 15 is 0 Å². The number of hydrogen-bond donors (Lipinski definition) is 0. The lowest BCUT2D eigenvalue weighted by atomic mass is 10.1. The molecule has 0 aliphatic rings. The summed E-state index contributed by atoms with van der Waals surface area (Å²) in [4.78, 5) is 4.09. The van der Waals surface area contributed by atoms with Crippen LogP contribution in [0.1, 0.15) is 21.8 Å². The zero-order valence-corrected chi connectivity index (χ0v) is 15.4. The number of rotatable bonds is 3. The molecule has 0 saturated carbocycles. The van der Waals surface area contributed by atoms with Gasteiger partial charge in [0.25, 0.3) is 0 Å². The predicted octanol–water partition coefficient (Wildman–Crippen LogP) is 1.01. The average Bonchev–Trinajstić information content (AvgIpc) is 3.09. The second kappa shape index (κ2) is 8.05. The summed E-state index contributed by atoms with van der Waals surface area (Å²) in [7, 11) is 0. The molecule has 0 unspecified atom stereocenters. The highest BCUT2D eigenvalue weighted by atomic mass is 127. The van der Waals surface area contributed by atoms with Gasteiger partial charge in [-0.25, -0.2) is 9.37 Å². The molecule has 0 fully saturated rings. The molecular formula is C19H11FIN2S+. The molecule has 3 rings (SSSR count). The first-order valence-corrected chi connectivity index (χ1v) is 10.1. The van der Waals surface area contributed by atoms with Crippen molar-refractivity contribution in [2.75, 3.05) is 0 Å². The molecule has 0 saturated heterocycles. The van der Waals surface area contributed by atoms with Crippen LogP contribution in [0.15, 0.2) is 53.9 Å². The predicted molar refractivity (Wildman–Crippen MR) is 87.9 cm³/mol. The van der Waals surface area contributed by atoms with Gasteiger partial charge in [0.15, 0.2) is 7.14 Å². The van der Waals surface area contributed by atoms with Gasteiger partial charge in [0.05, 0.1) is 11.6 Å². The van der Waals surface area contributed by atoms with Crippen LogP contribution in [0.4, 0.5) is 4.39 Å². The van der Waals surface area contributed by atoms with Crippen LogP contribution in [0.3, 0.4) is 0 Å². The zero-order valence-electron chi connectivity index (χ0n) is 12.5. The smallest absolute Gasteiger partial charge is 0.243 e. The van der Waals surface area contributed by atoms with Gasteiger partial charge in [-0.1, -0.05) is 24.1 Å². The quantitative estimate of drug-likeness (QED) is 0.446. The van der Waals surface area contributed by atoms with Crippen molar-refractivity contribution in [1.29, 1.82) is 5.26 Å². The van der Waals surface area contributed by atoms with E-state index in [1.54, 1.807) is 11.4 Å². The van der Waals surface area contributed by atoms with Crippen LogP contribution in [-0.4, -0.2) is 4.98 Å². The summed E-state index contributed by atoms with van der Waals surface area (Å²) >= 11 is 0.904. The summed E-state index contributed by atoms with van der Waals surface area (Å²) in [5.41, 5.74) is 1.96. The average molecular weight is 445 g/mol. The minimum absolute atomic E-state index is 0.358. The lowest BCUT2D eigenvalue weighted by Crippen LogP contribution is -3.61. The van der Waals surface area contributed by atoms with Crippen molar-refractivity contribution in [3.63, 3.8) is 0 Å². The summed E-state index contributed by atoms with van der Waals surface area (Å²) in [6, 6.07) is 18.2. The monoisotopic (exact) mass is 445 g/mol. The third-order valence-electron chi connectivity index (χ3n) is 2.98.